The van der Waals surface area contributed by atoms with Crippen molar-refractivity contribution < 1.29 is 9.18 Å². The third-order valence-corrected chi connectivity index (χ3v) is 4.67. The first-order valence-electron chi connectivity index (χ1n) is 8.56. The minimum atomic E-state index is -0.336. The molecular formula is C19H18FN5O. The fourth-order valence-corrected chi connectivity index (χ4v) is 3.35. The van der Waals surface area contributed by atoms with E-state index in [4.69, 9.17) is 0 Å². The van der Waals surface area contributed by atoms with Crippen molar-refractivity contribution >= 4 is 11.6 Å². The standard InChI is InChI=1S/C19H18FN5O/c20-15-5-3-14(4-6-15)17(26)10-16-2-1-8-25(16)19-11-18(22-12-23-19)24-9-7-21-13-24/h3-7,9,11-13,16H,1-2,8,10H2/t16-/m0/s1. The molecule has 0 radical (unpaired) electrons. The fourth-order valence-electron chi connectivity index (χ4n) is 3.35. The lowest BCUT2D eigenvalue weighted by atomic mass is 10.0. The lowest BCUT2D eigenvalue weighted by molar-refractivity contribution is 0.0974. The second kappa shape index (κ2) is 7.03. The van der Waals surface area contributed by atoms with Gasteiger partial charge in [-0.1, -0.05) is 0 Å². The molecule has 7 heteroatoms. The number of benzene rings is 1. The van der Waals surface area contributed by atoms with Gasteiger partial charge < -0.3 is 4.90 Å². The van der Waals surface area contributed by atoms with Gasteiger partial charge in [-0.2, -0.15) is 0 Å². The van der Waals surface area contributed by atoms with Crippen molar-refractivity contribution in [2.75, 3.05) is 11.4 Å². The predicted molar refractivity (Wildman–Crippen MR) is 94.9 cm³/mol. The van der Waals surface area contributed by atoms with E-state index in [0.717, 1.165) is 31.0 Å². The molecule has 2 aromatic heterocycles. The first kappa shape index (κ1) is 16.4. The fraction of sp³-hybridized carbons (Fsp3) is 0.263. The number of aromatic nitrogens is 4. The summed E-state index contributed by atoms with van der Waals surface area (Å²) in [6.07, 6.45) is 9.06. The van der Waals surface area contributed by atoms with Crippen LogP contribution in [0, 0.1) is 5.82 Å². The molecule has 3 aromatic rings. The maximum absolute atomic E-state index is 13.1. The molecule has 26 heavy (non-hydrogen) atoms. The van der Waals surface area contributed by atoms with Crippen molar-refractivity contribution in [3.63, 3.8) is 0 Å². The predicted octanol–water partition coefficient (Wildman–Crippen LogP) is 3.04. The largest absolute Gasteiger partial charge is 0.353 e. The Balaban J connectivity index is 1.52. The number of anilines is 1. The number of nitrogens with zero attached hydrogens (tertiary/aromatic N) is 5. The van der Waals surface area contributed by atoms with Crippen molar-refractivity contribution in [1.29, 1.82) is 0 Å². The Labute approximate surface area is 150 Å². The molecule has 0 saturated carbocycles. The summed E-state index contributed by atoms with van der Waals surface area (Å²) in [5.74, 6) is 1.23. The van der Waals surface area contributed by atoms with Crippen LogP contribution in [0.25, 0.3) is 5.82 Å². The highest BCUT2D eigenvalue weighted by atomic mass is 19.1. The zero-order valence-corrected chi connectivity index (χ0v) is 14.1. The zero-order valence-electron chi connectivity index (χ0n) is 14.1. The molecule has 1 fully saturated rings. The molecule has 132 valence electrons. The van der Waals surface area contributed by atoms with Crippen LogP contribution in [0.1, 0.15) is 29.6 Å². The number of Topliss-reactive ketones (excluding diaryl/α,β-unsaturated/α-hetero) is 1. The molecule has 0 unspecified atom stereocenters. The Morgan fingerprint density at radius 3 is 2.77 bits per heavy atom. The summed E-state index contributed by atoms with van der Waals surface area (Å²) in [5.41, 5.74) is 0.542. The number of hydrogen-bond acceptors (Lipinski definition) is 5. The number of rotatable bonds is 5. The van der Waals surface area contributed by atoms with Crippen LogP contribution in [0.2, 0.25) is 0 Å². The van der Waals surface area contributed by atoms with E-state index in [9.17, 15) is 9.18 Å². The summed E-state index contributed by atoms with van der Waals surface area (Å²) in [6, 6.07) is 7.71. The highest BCUT2D eigenvalue weighted by molar-refractivity contribution is 5.96. The summed E-state index contributed by atoms with van der Waals surface area (Å²) in [6.45, 7) is 0.849. The summed E-state index contributed by atoms with van der Waals surface area (Å²) in [4.78, 5) is 27.4. The zero-order chi connectivity index (χ0) is 17.9. The maximum Gasteiger partial charge on any atom is 0.164 e. The number of carbonyl (C=O) groups is 1. The highest BCUT2D eigenvalue weighted by Crippen LogP contribution is 2.27. The summed E-state index contributed by atoms with van der Waals surface area (Å²) in [7, 11) is 0. The Morgan fingerprint density at radius 2 is 2.00 bits per heavy atom. The van der Waals surface area contributed by atoms with E-state index in [0.29, 0.717) is 12.0 Å². The molecule has 1 aliphatic rings. The summed E-state index contributed by atoms with van der Waals surface area (Å²) in [5, 5.41) is 0. The molecule has 1 saturated heterocycles. The van der Waals surface area contributed by atoms with Gasteiger partial charge in [0, 0.05) is 43.0 Å². The van der Waals surface area contributed by atoms with Crippen LogP contribution in [-0.4, -0.2) is 37.9 Å². The monoisotopic (exact) mass is 351 g/mol. The van der Waals surface area contributed by atoms with Gasteiger partial charge in [-0.3, -0.25) is 9.36 Å². The molecule has 0 amide bonds. The normalized spacial score (nSPS) is 16.8. The van der Waals surface area contributed by atoms with E-state index < -0.39 is 0 Å². The van der Waals surface area contributed by atoms with E-state index in [-0.39, 0.29) is 17.6 Å². The third-order valence-electron chi connectivity index (χ3n) is 4.67. The quantitative estimate of drug-likeness (QED) is 0.661. The van der Waals surface area contributed by atoms with Gasteiger partial charge in [0.05, 0.1) is 0 Å². The van der Waals surface area contributed by atoms with Gasteiger partial charge in [0.2, 0.25) is 0 Å². The van der Waals surface area contributed by atoms with Crippen molar-refractivity contribution in [2.45, 2.75) is 25.3 Å². The average molecular weight is 351 g/mol. The van der Waals surface area contributed by atoms with E-state index in [2.05, 4.69) is 19.9 Å². The van der Waals surface area contributed by atoms with Gasteiger partial charge in [0.25, 0.3) is 0 Å². The Morgan fingerprint density at radius 1 is 1.19 bits per heavy atom. The van der Waals surface area contributed by atoms with Gasteiger partial charge in [-0.15, -0.1) is 0 Å². The number of hydrogen-bond donors (Lipinski definition) is 0. The van der Waals surface area contributed by atoms with Gasteiger partial charge >= 0.3 is 0 Å². The third kappa shape index (κ3) is 3.33. The first-order valence-corrected chi connectivity index (χ1v) is 8.56. The number of imidazole rings is 1. The summed E-state index contributed by atoms with van der Waals surface area (Å²) >= 11 is 0. The molecule has 3 heterocycles. The minimum absolute atomic E-state index is 0.0192. The van der Waals surface area contributed by atoms with E-state index >= 15 is 0 Å². The minimum Gasteiger partial charge on any atom is -0.353 e. The molecule has 4 rings (SSSR count). The number of carbonyl (C=O) groups excluding carboxylic acids is 1. The molecule has 1 aromatic carbocycles. The first-order chi connectivity index (χ1) is 12.7. The Bertz CT molecular complexity index is 895. The SMILES string of the molecule is O=C(C[C@@H]1CCCN1c1cc(-n2ccnc2)ncn1)c1ccc(F)cc1. The van der Waals surface area contributed by atoms with Crippen LogP contribution in [0.15, 0.2) is 55.4 Å². The average Bonchev–Trinajstić information content (AvgIpc) is 3.34. The smallest absolute Gasteiger partial charge is 0.164 e. The van der Waals surface area contributed by atoms with Crippen LogP contribution < -0.4 is 4.90 Å². The molecule has 6 nitrogen and oxygen atoms in total. The van der Waals surface area contributed by atoms with Crippen molar-refractivity contribution in [3.8, 4) is 5.82 Å². The lowest BCUT2D eigenvalue weighted by Gasteiger charge is -2.25. The number of halogens is 1. The highest BCUT2D eigenvalue weighted by Gasteiger charge is 2.28. The lowest BCUT2D eigenvalue weighted by Crippen LogP contribution is -2.32. The van der Waals surface area contributed by atoms with Crippen molar-refractivity contribution in [2.24, 2.45) is 0 Å². The molecule has 0 aliphatic carbocycles. The summed E-state index contributed by atoms with van der Waals surface area (Å²) < 4.78 is 14.9. The van der Waals surface area contributed by atoms with Crippen LogP contribution >= 0.6 is 0 Å². The van der Waals surface area contributed by atoms with Gasteiger partial charge in [-0.05, 0) is 37.1 Å². The molecule has 1 aliphatic heterocycles. The van der Waals surface area contributed by atoms with Crippen molar-refractivity contribution in [3.05, 3.63) is 66.8 Å². The van der Waals surface area contributed by atoms with Gasteiger partial charge in [0.15, 0.2) is 5.78 Å². The van der Waals surface area contributed by atoms with E-state index in [1.807, 2.05) is 16.8 Å². The Hall–Kier alpha value is -3.09. The van der Waals surface area contributed by atoms with E-state index in [1.54, 1.807) is 24.7 Å². The van der Waals surface area contributed by atoms with Gasteiger partial charge in [0.1, 0.15) is 30.1 Å². The van der Waals surface area contributed by atoms with Crippen molar-refractivity contribution in [1.82, 2.24) is 19.5 Å². The topological polar surface area (TPSA) is 63.9 Å². The van der Waals surface area contributed by atoms with Crippen LogP contribution in [-0.2, 0) is 0 Å². The van der Waals surface area contributed by atoms with Crippen LogP contribution in [0.3, 0.4) is 0 Å². The molecule has 0 bridgehead atoms. The molecule has 1 atom stereocenters. The molecule has 0 spiro atoms. The van der Waals surface area contributed by atoms with E-state index in [1.165, 1.54) is 18.5 Å². The van der Waals surface area contributed by atoms with Gasteiger partial charge in [-0.25, -0.2) is 19.3 Å². The molecular weight excluding hydrogens is 333 g/mol. The Kier molecular flexibility index (Phi) is 4.43. The second-order valence-electron chi connectivity index (χ2n) is 6.33. The number of ketones is 1. The maximum atomic E-state index is 13.1. The second-order valence-corrected chi connectivity index (χ2v) is 6.33. The molecule has 0 N–H and O–H groups in total. The van der Waals surface area contributed by atoms with Crippen LogP contribution in [0.5, 0.6) is 0 Å². The van der Waals surface area contributed by atoms with Crippen LogP contribution in [0.4, 0.5) is 10.2 Å².